The molecule has 2 N–H and O–H groups in total. The summed E-state index contributed by atoms with van der Waals surface area (Å²) >= 11 is 7.70. The molecular formula is C15H21ClN2O2S. The number of benzene rings is 1. The molecule has 6 heteroatoms. The van der Waals surface area contributed by atoms with Gasteiger partial charge < -0.3 is 15.4 Å². The first-order valence-electron chi connectivity index (χ1n) is 7.23. The number of carbonyl (C=O) groups is 1. The van der Waals surface area contributed by atoms with Gasteiger partial charge in [-0.05, 0) is 51.1 Å². The van der Waals surface area contributed by atoms with Crippen molar-refractivity contribution in [1.29, 1.82) is 0 Å². The number of hydrogen-bond acceptors (Lipinski definition) is 4. The Morgan fingerprint density at radius 3 is 2.95 bits per heavy atom. The Labute approximate surface area is 135 Å². The first kappa shape index (κ1) is 16.5. The minimum absolute atomic E-state index is 0.0123. The Kier molecular flexibility index (Phi) is 6.67. The Morgan fingerprint density at radius 2 is 2.24 bits per heavy atom. The largest absolute Gasteiger partial charge is 0.492 e. The van der Waals surface area contributed by atoms with Crippen LogP contribution >= 0.6 is 23.4 Å². The molecule has 1 heterocycles. The van der Waals surface area contributed by atoms with Crippen LogP contribution in [0.4, 0.5) is 5.69 Å². The SMILES string of the molecule is CCOc1ccc(Cl)cc1NC(=O)CSC1CCNCC1. The lowest BCUT2D eigenvalue weighted by Gasteiger charge is -2.21. The third-order valence-corrected chi connectivity index (χ3v) is 4.86. The lowest BCUT2D eigenvalue weighted by Crippen LogP contribution is -2.30. The van der Waals surface area contributed by atoms with Gasteiger partial charge in [0.1, 0.15) is 5.75 Å². The molecule has 0 saturated carbocycles. The number of carbonyl (C=O) groups excluding carboxylic acids is 1. The van der Waals surface area contributed by atoms with Gasteiger partial charge in [-0.25, -0.2) is 0 Å². The molecule has 0 aliphatic carbocycles. The van der Waals surface area contributed by atoms with Crippen LogP contribution in [0.25, 0.3) is 0 Å². The fourth-order valence-electron chi connectivity index (χ4n) is 2.22. The van der Waals surface area contributed by atoms with Crippen LogP contribution < -0.4 is 15.4 Å². The Bertz CT molecular complexity index is 479. The van der Waals surface area contributed by atoms with Gasteiger partial charge in [0, 0.05) is 10.3 Å². The second-order valence-electron chi connectivity index (χ2n) is 4.88. The maximum absolute atomic E-state index is 12.1. The number of nitrogens with one attached hydrogen (secondary N) is 2. The zero-order chi connectivity index (χ0) is 15.1. The summed E-state index contributed by atoms with van der Waals surface area (Å²) in [6.45, 7) is 4.55. The van der Waals surface area contributed by atoms with Crippen LogP contribution in [0.2, 0.25) is 5.02 Å². The highest BCUT2D eigenvalue weighted by molar-refractivity contribution is 8.00. The fraction of sp³-hybridized carbons (Fsp3) is 0.533. The summed E-state index contributed by atoms with van der Waals surface area (Å²) in [6, 6.07) is 5.26. The topological polar surface area (TPSA) is 50.4 Å². The fourth-order valence-corrected chi connectivity index (χ4v) is 3.42. The molecule has 1 aliphatic heterocycles. The molecule has 1 aliphatic rings. The smallest absolute Gasteiger partial charge is 0.234 e. The van der Waals surface area contributed by atoms with E-state index in [1.165, 1.54) is 0 Å². The van der Waals surface area contributed by atoms with Crippen LogP contribution in [0.3, 0.4) is 0 Å². The molecule has 1 fully saturated rings. The van der Waals surface area contributed by atoms with E-state index in [-0.39, 0.29) is 5.91 Å². The standard InChI is InChI=1S/C15H21ClN2O2S/c1-2-20-14-4-3-11(16)9-13(14)18-15(19)10-21-12-5-7-17-8-6-12/h3-4,9,12,17H,2,5-8,10H2,1H3,(H,18,19). The van der Waals surface area contributed by atoms with Crippen molar-refractivity contribution in [2.24, 2.45) is 0 Å². The third-order valence-electron chi connectivity index (χ3n) is 3.25. The van der Waals surface area contributed by atoms with Crippen LogP contribution in [0.1, 0.15) is 19.8 Å². The number of amides is 1. The van der Waals surface area contributed by atoms with Crippen molar-refractivity contribution in [3.63, 3.8) is 0 Å². The molecule has 21 heavy (non-hydrogen) atoms. The van der Waals surface area contributed by atoms with Gasteiger partial charge in [0.25, 0.3) is 0 Å². The highest BCUT2D eigenvalue weighted by Gasteiger charge is 2.16. The summed E-state index contributed by atoms with van der Waals surface area (Å²) in [5.41, 5.74) is 0.639. The second-order valence-corrected chi connectivity index (χ2v) is 6.61. The highest BCUT2D eigenvalue weighted by atomic mass is 35.5. The van der Waals surface area contributed by atoms with E-state index in [9.17, 15) is 4.79 Å². The summed E-state index contributed by atoms with van der Waals surface area (Å²) in [6.07, 6.45) is 2.25. The predicted octanol–water partition coefficient (Wildman–Crippen LogP) is 3.16. The number of piperidine rings is 1. The van der Waals surface area contributed by atoms with Gasteiger partial charge in [-0.3, -0.25) is 4.79 Å². The predicted molar refractivity (Wildman–Crippen MR) is 89.6 cm³/mol. The third kappa shape index (κ3) is 5.41. The Balaban J connectivity index is 1.87. The van der Waals surface area contributed by atoms with E-state index in [2.05, 4.69) is 10.6 Å². The van der Waals surface area contributed by atoms with Gasteiger partial charge in [-0.1, -0.05) is 11.6 Å². The maximum Gasteiger partial charge on any atom is 0.234 e. The maximum atomic E-state index is 12.1. The molecule has 0 aromatic heterocycles. The minimum atomic E-state index is -0.0123. The normalized spacial score (nSPS) is 15.7. The zero-order valence-corrected chi connectivity index (χ0v) is 13.7. The number of hydrogen-bond donors (Lipinski definition) is 2. The molecule has 1 amide bonds. The average molecular weight is 329 g/mol. The zero-order valence-electron chi connectivity index (χ0n) is 12.2. The van der Waals surface area contributed by atoms with Crippen molar-refractivity contribution >= 4 is 35.0 Å². The van der Waals surface area contributed by atoms with Gasteiger partial charge in [0.2, 0.25) is 5.91 Å². The first-order chi connectivity index (χ1) is 10.2. The van der Waals surface area contributed by atoms with Crippen molar-refractivity contribution < 1.29 is 9.53 Å². The van der Waals surface area contributed by atoms with E-state index in [0.717, 1.165) is 25.9 Å². The van der Waals surface area contributed by atoms with Crippen LogP contribution in [0.5, 0.6) is 5.75 Å². The van der Waals surface area contributed by atoms with Crippen LogP contribution in [0, 0.1) is 0 Å². The Morgan fingerprint density at radius 1 is 1.48 bits per heavy atom. The molecule has 1 aromatic rings. The highest BCUT2D eigenvalue weighted by Crippen LogP contribution is 2.28. The molecule has 1 saturated heterocycles. The number of rotatable bonds is 6. The monoisotopic (exact) mass is 328 g/mol. The Hall–Kier alpha value is -0.910. The summed E-state index contributed by atoms with van der Waals surface area (Å²) in [7, 11) is 0. The number of anilines is 1. The number of thioether (sulfide) groups is 1. The van der Waals surface area contributed by atoms with Crippen molar-refractivity contribution in [3.8, 4) is 5.75 Å². The number of ether oxygens (including phenoxy) is 1. The molecule has 0 unspecified atom stereocenters. The summed E-state index contributed by atoms with van der Waals surface area (Å²) < 4.78 is 5.50. The van der Waals surface area contributed by atoms with E-state index < -0.39 is 0 Å². The van der Waals surface area contributed by atoms with Gasteiger partial charge in [-0.15, -0.1) is 11.8 Å². The molecule has 0 atom stereocenters. The molecular weight excluding hydrogens is 308 g/mol. The van der Waals surface area contributed by atoms with Gasteiger partial charge in [0.05, 0.1) is 18.0 Å². The van der Waals surface area contributed by atoms with Gasteiger partial charge in [0.15, 0.2) is 0 Å². The van der Waals surface area contributed by atoms with Gasteiger partial charge >= 0.3 is 0 Å². The quantitative estimate of drug-likeness (QED) is 0.842. The van der Waals surface area contributed by atoms with Crippen LogP contribution in [-0.4, -0.2) is 36.6 Å². The summed E-state index contributed by atoms with van der Waals surface area (Å²) in [5, 5.41) is 7.37. The van der Waals surface area contributed by atoms with E-state index in [4.69, 9.17) is 16.3 Å². The molecule has 116 valence electrons. The van der Waals surface area contributed by atoms with Crippen molar-refractivity contribution in [1.82, 2.24) is 5.32 Å². The second kappa shape index (κ2) is 8.51. The average Bonchev–Trinajstić information content (AvgIpc) is 2.49. The lowest BCUT2D eigenvalue weighted by atomic mass is 10.2. The lowest BCUT2D eigenvalue weighted by molar-refractivity contribution is -0.113. The molecule has 0 spiro atoms. The van der Waals surface area contributed by atoms with E-state index >= 15 is 0 Å². The molecule has 1 aromatic carbocycles. The van der Waals surface area contributed by atoms with Crippen molar-refractivity contribution in [3.05, 3.63) is 23.2 Å². The van der Waals surface area contributed by atoms with E-state index in [1.807, 2.05) is 6.92 Å². The summed E-state index contributed by atoms with van der Waals surface area (Å²) in [4.78, 5) is 12.1. The minimum Gasteiger partial charge on any atom is -0.492 e. The van der Waals surface area contributed by atoms with E-state index in [0.29, 0.717) is 34.1 Å². The van der Waals surface area contributed by atoms with E-state index in [1.54, 1.807) is 30.0 Å². The molecule has 0 radical (unpaired) electrons. The first-order valence-corrected chi connectivity index (χ1v) is 8.66. The van der Waals surface area contributed by atoms with Gasteiger partial charge in [-0.2, -0.15) is 0 Å². The molecule has 2 rings (SSSR count). The van der Waals surface area contributed by atoms with Crippen molar-refractivity contribution in [2.45, 2.75) is 25.0 Å². The number of halogens is 1. The molecule has 0 bridgehead atoms. The van der Waals surface area contributed by atoms with Crippen molar-refractivity contribution in [2.75, 3.05) is 30.8 Å². The van der Waals surface area contributed by atoms with Crippen LogP contribution in [0.15, 0.2) is 18.2 Å². The summed E-state index contributed by atoms with van der Waals surface area (Å²) in [5.74, 6) is 1.10. The molecule has 4 nitrogen and oxygen atoms in total. The van der Waals surface area contributed by atoms with Crippen LogP contribution in [-0.2, 0) is 4.79 Å².